The van der Waals surface area contributed by atoms with Gasteiger partial charge in [-0.25, -0.2) is 0 Å². The van der Waals surface area contributed by atoms with Gasteiger partial charge in [0.25, 0.3) is 0 Å². The fraction of sp³-hybridized carbons (Fsp3) is 0.714. The van der Waals surface area contributed by atoms with Crippen LogP contribution < -0.4 is 0 Å². The Hall–Kier alpha value is -1.40. The van der Waals surface area contributed by atoms with Gasteiger partial charge in [0.15, 0.2) is 0 Å². The average molecular weight is 391 g/mol. The first-order valence-corrected chi connectivity index (χ1v) is 11.3. The van der Waals surface area contributed by atoms with Crippen molar-refractivity contribution in [1.29, 1.82) is 0 Å². The van der Waals surface area contributed by atoms with Gasteiger partial charge in [-0.1, -0.05) is 0 Å². The van der Waals surface area contributed by atoms with Crippen molar-refractivity contribution < 1.29 is 14.3 Å². The molecule has 3 fully saturated rings. The van der Waals surface area contributed by atoms with E-state index in [-0.39, 0.29) is 23.3 Å². The van der Waals surface area contributed by atoms with Crippen LogP contribution in [0.5, 0.6) is 0 Å². The number of piperidine rings is 2. The van der Waals surface area contributed by atoms with Crippen LogP contribution >= 0.6 is 11.3 Å². The largest absolute Gasteiger partial charge is 0.376 e. The smallest absolute Gasteiger partial charge is 0.222 e. The number of nitrogens with zero attached hydrogens (tertiary/aromatic N) is 2. The Morgan fingerprint density at radius 3 is 2.85 bits per heavy atom. The normalized spacial score (nSPS) is 25.3. The first-order chi connectivity index (χ1) is 13.1. The fourth-order valence-corrected chi connectivity index (χ4v) is 5.49. The molecule has 4 heterocycles. The Morgan fingerprint density at radius 1 is 1.30 bits per heavy atom. The van der Waals surface area contributed by atoms with Crippen molar-refractivity contribution in [3.05, 3.63) is 22.4 Å². The maximum absolute atomic E-state index is 12.6. The van der Waals surface area contributed by atoms with Gasteiger partial charge in [-0.2, -0.15) is 11.3 Å². The number of carbonyl (C=O) groups is 2. The molecule has 2 amide bonds. The van der Waals surface area contributed by atoms with Gasteiger partial charge in [-0.15, -0.1) is 0 Å². The molecule has 27 heavy (non-hydrogen) atoms. The van der Waals surface area contributed by atoms with Crippen molar-refractivity contribution in [3.8, 4) is 0 Å². The van der Waals surface area contributed by atoms with E-state index >= 15 is 0 Å². The number of ether oxygens (including phenoxy) is 1. The lowest BCUT2D eigenvalue weighted by molar-refractivity contribution is -0.144. The van der Waals surface area contributed by atoms with E-state index in [1.165, 1.54) is 5.56 Å². The second-order valence-corrected chi connectivity index (χ2v) is 9.20. The summed E-state index contributed by atoms with van der Waals surface area (Å²) in [6.45, 7) is 4.11. The third-order valence-corrected chi connectivity index (χ3v) is 7.31. The third-order valence-electron chi connectivity index (χ3n) is 6.58. The van der Waals surface area contributed by atoms with Gasteiger partial charge in [0.1, 0.15) is 0 Å². The van der Waals surface area contributed by atoms with Crippen LogP contribution in [0.3, 0.4) is 0 Å². The van der Waals surface area contributed by atoms with Crippen molar-refractivity contribution in [2.75, 3.05) is 32.8 Å². The summed E-state index contributed by atoms with van der Waals surface area (Å²) in [7, 11) is 0. The number of amides is 2. The number of carbonyl (C=O) groups excluding carboxylic acids is 2. The highest BCUT2D eigenvalue weighted by Gasteiger charge is 2.42. The van der Waals surface area contributed by atoms with Gasteiger partial charge in [0, 0.05) is 45.6 Å². The molecule has 0 bridgehead atoms. The summed E-state index contributed by atoms with van der Waals surface area (Å²) in [6, 6.07) is 2.10. The predicted molar refractivity (Wildman–Crippen MR) is 106 cm³/mol. The van der Waals surface area contributed by atoms with Crippen LogP contribution in [0.25, 0.3) is 0 Å². The van der Waals surface area contributed by atoms with Crippen LogP contribution in [-0.2, 0) is 20.7 Å². The zero-order chi connectivity index (χ0) is 18.7. The van der Waals surface area contributed by atoms with E-state index < -0.39 is 0 Å². The SMILES string of the molecule is O=C(CCc1ccsc1)N1CCC2(CCC(=O)N(C[C@H]3CCCO3)C2)CC1. The molecule has 1 aromatic heterocycles. The molecule has 0 aliphatic carbocycles. The quantitative estimate of drug-likeness (QED) is 0.776. The summed E-state index contributed by atoms with van der Waals surface area (Å²) in [5.41, 5.74) is 1.47. The minimum absolute atomic E-state index is 0.205. The number of aryl methyl sites for hydroxylation is 1. The van der Waals surface area contributed by atoms with Crippen LogP contribution in [0.4, 0.5) is 0 Å². The molecule has 1 spiro atoms. The van der Waals surface area contributed by atoms with Crippen LogP contribution in [-0.4, -0.2) is 60.5 Å². The minimum Gasteiger partial charge on any atom is -0.376 e. The maximum atomic E-state index is 12.6. The number of rotatable bonds is 5. The van der Waals surface area contributed by atoms with E-state index in [0.717, 1.165) is 71.3 Å². The zero-order valence-electron chi connectivity index (χ0n) is 16.0. The maximum Gasteiger partial charge on any atom is 0.222 e. The number of hydrogen-bond donors (Lipinski definition) is 0. The van der Waals surface area contributed by atoms with Crippen molar-refractivity contribution in [1.82, 2.24) is 9.80 Å². The fourth-order valence-electron chi connectivity index (χ4n) is 4.79. The zero-order valence-corrected chi connectivity index (χ0v) is 16.8. The van der Waals surface area contributed by atoms with Gasteiger partial charge >= 0.3 is 0 Å². The molecule has 6 heteroatoms. The molecule has 0 saturated carbocycles. The molecule has 1 aromatic rings. The Morgan fingerprint density at radius 2 is 2.15 bits per heavy atom. The lowest BCUT2D eigenvalue weighted by Crippen LogP contribution is -2.53. The highest BCUT2D eigenvalue weighted by Crippen LogP contribution is 2.40. The second kappa shape index (κ2) is 8.31. The topological polar surface area (TPSA) is 49.9 Å². The lowest BCUT2D eigenvalue weighted by Gasteiger charge is -2.47. The van der Waals surface area contributed by atoms with Gasteiger partial charge < -0.3 is 14.5 Å². The van der Waals surface area contributed by atoms with Crippen LogP contribution in [0.2, 0.25) is 0 Å². The van der Waals surface area contributed by atoms with E-state index in [4.69, 9.17) is 4.74 Å². The number of thiophene rings is 1. The van der Waals surface area contributed by atoms with Gasteiger partial charge in [-0.3, -0.25) is 9.59 Å². The molecule has 3 aliphatic rings. The van der Waals surface area contributed by atoms with Crippen LogP contribution in [0.1, 0.15) is 50.5 Å². The van der Waals surface area contributed by atoms with Crippen molar-refractivity contribution >= 4 is 23.2 Å². The average Bonchev–Trinajstić information content (AvgIpc) is 3.38. The number of likely N-dealkylation sites (tertiary alicyclic amines) is 2. The Kier molecular flexibility index (Phi) is 5.83. The molecule has 0 aromatic carbocycles. The summed E-state index contributed by atoms with van der Waals surface area (Å²) >= 11 is 1.69. The van der Waals surface area contributed by atoms with Gasteiger partial charge in [0.05, 0.1) is 6.10 Å². The van der Waals surface area contributed by atoms with Crippen molar-refractivity contribution in [2.24, 2.45) is 5.41 Å². The molecule has 3 saturated heterocycles. The summed E-state index contributed by atoms with van der Waals surface area (Å²) in [4.78, 5) is 29.0. The molecule has 0 radical (unpaired) electrons. The standard InChI is InChI=1S/C21H30N2O3S/c24-19(4-3-17-6-13-27-15-17)22-10-8-21(9-11-22)7-5-20(25)23(16-21)14-18-2-1-12-26-18/h6,13,15,18H,1-5,7-12,14,16H2/t18-/m1/s1. The molecule has 4 rings (SSSR count). The molecular formula is C21H30N2O3S. The minimum atomic E-state index is 0.205. The van der Waals surface area contributed by atoms with Gasteiger partial charge in [-0.05, 0) is 66.3 Å². The molecule has 3 aliphatic heterocycles. The highest BCUT2D eigenvalue weighted by molar-refractivity contribution is 7.07. The second-order valence-electron chi connectivity index (χ2n) is 8.42. The van der Waals surface area contributed by atoms with E-state index in [2.05, 4.69) is 16.8 Å². The molecule has 5 nitrogen and oxygen atoms in total. The first-order valence-electron chi connectivity index (χ1n) is 10.3. The Balaban J connectivity index is 1.28. The van der Waals surface area contributed by atoms with E-state index in [9.17, 15) is 9.59 Å². The molecule has 148 valence electrons. The Bertz CT molecular complexity index is 646. The van der Waals surface area contributed by atoms with E-state index in [1.54, 1.807) is 11.3 Å². The monoisotopic (exact) mass is 390 g/mol. The Labute approximate surface area is 165 Å². The number of hydrogen-bond acceptors (Lipinski definition) is 4. The van der Waals surface area contributed by atoms with Crippen molar-refractivity contribution in [3.63, 3.8) is 0 Å². The van der Waals surface area contributed by atoms with Crippen molar-refractivity contribution in [2.45, 2.75) is 57.5 Å². The van der Waals surface area contributed by atoms with Gasteiger partial charge in [0.2, 0.25) is 11.8 Å². The molecular weight excluding hydrogens is 360 g/mol. The summed E-state index contributed by atoms with van der Waals surface area (Å²) in [6.07, 6.45) is 7.52. The predicted octanol–water partition coefficient (Wildman–Crippen LogP) is 3.09. The molecule has 1 atom stereocenters. The summed E-state index contributed by atoms with van der Waals surface area (Å²) in [5, 5.41) is 4.19. The molecule has 0 N–H and O–H groups in total. The lowest BCUT2D eigenvalue weighted by atomic mass is 9.72. The van der Waals surface area contributed by atoms with E-state index in [0.29, 0.717) is 12.8 Å². The third kappa shape index (κ3) is 4.54. The highest BCUT2D eigenvalue weighted by atomic mass is 32.1. The first kappa shape index (κ1) is 18.9. The van der Waals surface area contributed by atoms with Crippen LogP contribution in [0.15, 0.2) is 16.8 Å². The summed E-state index contributed by atoms with van der Waals surface area (Å²) < 4.78 is 5.74. The molecule has 0 unspecified atom stereocenters. The van der Waals surface area contributed by atoms with Crippen LogP contribution in [0, 0.1) is 5.41 Å². The van der Waals surface area contributed by atoms with E-state index in [1.807, 2.05) is 9.80 Å². The summed E-state index contributed by atoms with van der Waals surface area (Å²) in [5.74, 6) is 0.560.